The zero-order chi connectivity index (χ0) is 22.8. The Labute approximate surface area is 187 Å². The normalized spacial score (nSPS) is 13.5. The van der Waals surface area contributed by atoms with Crippen LogP contribution in [0.3, 0.4) is 0 Å². The third-order valence-electron chi connectivity index (χ3n) is 4.98. The van der Waals surface area contributed by atoms with Crippen LogP contribution in [-0.2, 0) is 0 Å². The van der Waals surface area contributed by atoms with Crippen LogP contribution < -0.4 is 9.47 Å². The van der Waals surface area contributed by atoms with Crippen LogP contribution in [0.1, 0.15) is 25.7 Å². The van der Waals surface area contributed by atoms with E-state index in [1.807, 2.05) is 6.07 Å². The van der Waals surface area contributed by atoms with Gasteiger partial charge in [0.2, 0.25) is 0 Å². The molecule has 1 N–H and O–H groups in total. The summed E-state index contributed by atoms with van der Waals surface area (Å²) < 4.78 is 10.6. The molecule has 0 spiro atoms. The number of aliphatic hydroxyl groups excluding tert-OH is 1. The van der Waals surface area contributed by atoms with Crippen molar-refractivity contribution in [3.63, 3.8) is 0 Å². The minimum absolute atomic E-state index is 0.0988. The van der Waals surface area contributed by atoms with E-state index in [1.54, 1.807) is 55.0 Å². The number of rotatable bonds is 6. The van der Waals surface area contributed by atoms with E-state index in [2.05, 4.69) is 4.98 Å². The highest BCUT2D eigenvalue weighted by Crippen LogP contribution is 2.34. The summed E-state index contributed by atoms with van der Waals surface area (Å²) in [5.41, 5.74) is 1.76. The number of imide groups is 1. The van der Waals surface area contributed by atoms with Gasteiger partial charge in [0.1, 0.15) is 22.4 Å². The van der Waals surface area contributed by atoms with E-state index in [4.69, 9.17) is 9.47 Å². The Bertz CT molecular complexity index is 1270. The fourth-order valence-corrected chi connectivity index (χ4v) is 4.21. The zero-order valence-electron chi connectivity index (χ0n) is 17.2. The van der Waals surface area contributed by atoms with E-state index >= 15 is 0 Å². The van der Waals surface area contributed by atoms with Crippen molar-refractivity contribution in [1.29, 1.82) is 5.26 Å². The quantitative estimate of drug-likeness (QED) is 0.346. The summed E-state index contributed by atoms with van der Waals surface area (Å²) in [6.45, 7) is -0.416. The van der Waals surface area contributed by atoms with Gasteiger partial charge in [-0.2, -0.15) is 5.26 Å². The van der Waals surface area contributed by atoms with Gasteiger partial charge in [0.05, 0.1) is 37.6 Å². The Morgan fingerprint density at radius 3 is 2.34 bits per heavy atom. The third-order valence-corrected chi connectivity index (χ3v) is 5.84. The maximum atomic E-state index is 12.5. The summed E-state index contributed by atoms with van der Waals surface area (Å²) in [7, 11) is 3.07. The summed E-state index contributed by atoms with van der Waals surface area (Å²) >= 11 is 1.16. The second-order valence-electron chi connectivity index (χ2n) is 6.78. The number of methoxy groups -OCH3 is 2. The Morgan fingerprint density at radius 2 is 1.75 bits per heavy atom. The van der Waals surface area contributed by atoms with Crippen molar-refractivity contribution in [3.05, 3.63) is 69.7 Å². The lowest BCUT2D eigenvalue weighted by atomic mass is 10.1. The number of hydrogen-bond acceptors (Lipinski definition) is 8. The number of aromatic nitrogens is 1. The lowest BCUT2D eigenvalue weighted by Gasteiger charge is -2.13. The summed E-state index contributed by atoms with van der Waals surface area (Å²) in [5, 5.41) is 22.3. The molecular weight excluding hydrogens is 430 g/mol. The van der Waals surface area contributed by atoms with E-state index in [0.29, 0.717) is 17.2 Å². The van der Waals surface area contributed by atoms with E-state index in [0.717, 1.165) is 21.8 Å². The average molecular weight is 447 g/mol. The Morgan fingerprint density at radius 1 is 1.09 bits per heavy atom. The molecule has 1 aliphatic rings. The first-order valence-electron chi connectivity index (χ1n) is 9.44. The van der Waals surface area contributed by atoms with Gasteiger partial charge >= 0.3 is 0 Å². The van der Waals surface area contributed by atoms with Gasteiger partial charge in [0.25, 0.3) is 11.8 Å². The fourth-order valence-electron chi connectivity index (χ4n) is 3.36. The molecule has 9 heteroatoms. The molecule has 0 radical (unpaired) electrons. The first kappa shape index (κ1) is 21.1. The highest BCUT2D eigenvalue weighted by molar-refractivity contribution is 7.11. The molecule has 2 heterocycles. The number of fused-ring (bicyclic) bond motifs is 1. The Hall–Kier alpha value is -4.16. The number of thiazole rings is 1. The van der Waals surface area contributed by atoms with Gasteiger partial charge in [-0.3, -0.25) is 14.5 Å². The van der Waals surface area contributed by atoms with Crippen molar-refractivity contribution in [3.8, 4) is 28.8 Å². The van der Waals surface area contributed by atoms with Crippen LogP contribution in [0.25, 0.3) is 16.8 Å². The molecule has 0 fully saturated rings. The fraction of sp³-hybridized carbons (Fsp3) is 0.130. The number of aliphatic hydroxyl groups is 1. The molecule has 0 aliphatic carbocycles. The van der Waals surface area contributed by atoms with Crippen molar-refractivity contribution in [2.45, 2.75) is 0 Å². The average Bonchev–Trinajstić information content (AvgIpc) is 3.39. The van der Waals surface area contributed by atoms with Crippen LogP contribution in [-0.4, -0.2) is 47.6 Å². The summed E-state index contributed by atoms with van der Waals surface area (Å²) in [6, 6.07) is 13.7. The zero-order valence-corrected chi connectivity index (χ0v) is 18.0. The van der Waals surface area contributed by atoms with E-state index in [-0.39, 0.29) is 21.7 Å². The smallest absolute Gasteiger partial charge is 0.261 e. The molecule has 0 unspecified atom stereocenters. The van der Waals surface area contributed by atoms with Crippen molar-refractivity contribution in [2.24, 2.45) is 0 Å². The maximum absolute atomic E-state index is 12.5. The summed E-state index contributed by atoms with van der Waals surface area (Å²) in [6.07, 6.45) is 0. The van der Waals surface area contributed by atoms with Crippen molar-refractivity contribution in [1.82, 2.24) is 9.88 Å². The number of carbonyl (C=O) groups is 2. The monoisotopic (exact) mass is 447 g/mol. The molecule has 0 bridgehead atoms. The number of nitriles is 1. The molecule has 8 nitrogen and oxygen atoms in total. The molecule has 0 saturated heterocycles. The number of benzene rings is 2. The highest BCUT2D eigenvalue weighted by Gasteiger charge is 2.36. The van der Waals surface area contributed by atoms with Gasteiger partial charge in [0.15, 0.2) is 11.5 Å². The Kier molecular flexibility index (Phi) is 5.62. The van der Waals surface area contributed by atoms with E-state index < -0.39 is 24.1 Å². The standard InChI is InChI=1S/C23H17N3O5S/c1-30-19-8-7-13(9-20(19)31-2)17-12-32-21(25-17)16(10-24)18(27)11-26-22(28)14-5-3-4-6-15(14)23(26)29/h3-9,12,27H,11H2,1-2H3/b18-16-. The molecule has 160 valence electrons. The number of amides is 2. The largest absolute Gasteiger partial charge is 0.509 e. The van der Waals surface area contributed by atoms with Crippen molar-refractivity contribution in [2.75, 3.05) is 20.8 Å². The second kappa shape index (κ2) is 8.53. The summed E-state index contributed by atoms with van der Waals surface area (Å²) in [4.78, 5) is 30.5. The number of allylic oxidation sites excluding steroid dienone is 1. The van der Waals surface area contributed by atoms with Gasteiger partial charge in [-0.25, -0.2) is 4.98 Å². The van der Waals surface area contributed by atoms with E-state index in [1.165, 1.54) is 7.11 Å². The minimum Gasteiger partial charge on any atom is -0.509 e. The molecule has 2 aromatic carbocycles. The number of ether oxygens (including phenoxy) is 2. The predicted molar refractivity (Wildman–Crippen MR) is 118 cm³/mol. The summed E-state index contributed by atoms with van der Waals surface area (Å²) in [5.74, 6) is -0.332. The molecule has 32 heavy (non-hydrogen) atoms. The van der Waals surface area contributed by atoms with Crippen LogP contribution in [0.15, 0.2) is 53.6 Å². The third kappa shape index (κ3) is 3.57. The minimum atomic E-state index is -0.514. The molecule has 2 amide bonds. The number of nitrogens with zero attached hydrogens (tertiary/aromatic N) is 3. The van der Waals surface area contributed by atoms with Gasteiger partial charge < -0.3 is 14.6 Å². The highest BCUT2D eigenvalue weighted by atomic mass is 32.1. The molecule has 4 rings (SSSR count). The molecule has 1 aromatic heterocycles. The van der Waals surface area contributed by atoms with Crippen LogP contribution in [0.4, 0.5) is 0 Å². The molecule has 3 aromatic rings. The van der Waals surface area contributed by atoms with Gasteiger partial charge in [-0.1, -0.05) is 12.1 Å². The van der Waals surface area contributed by atoms with Crippen LogP contribution in [0, 0.1) is 11.3 Å². The van der Waals surface area contributed by atoms with E-state index in [9.17, 15) is 20.0 Å². The van der Waals surface area contributed by atoms with Crippen molar-refractivity contribution < 1.29 is 24.2 Å². The second-order valence-corrected chi connectivity index (χ2v) is 7.64. The lowest BCUT2D eigenvalue weighted by molar-refractivity contribution is 0.0652. The molecule has 0 atom stereocenters. The topological polar surface area (TPSA) is 113 Å². The Balaban J connectivity index is 1.62. The maximum Gasteiger partial charge on any atom is 0.261 e. The predicted octanol–water partition coefficient (Wildman–Crippen LogP) is 3.92. The molecular formula is C23H17N3O5S. The molecule has 1 aliphatic heterocycles. The number of carbonyl (C=O) groups excluding carboxylic acids is 2. The SMILES string of the molecule is COc1ccc(-c2csc(/C(C#N)=C(\O)CN3C(=O)c4ccccc4C3=O)n2)cc1OC. The van der Waals surface area contributed by atoms with Crippen LogP contribution >= 0.6 is 11.3 Å². The number of hydrogen-bond donors (Lipinski definition) is 1. The van der Waals surface area contributed by atoms with Crippen LogP contribution in [0.5, 0.6) is 11.5 Å². The van der Waals surface area contributed by atoms with Gasteiger partial charge in [-0.05, 0) is 30.3 Å². The van der Waals surface area contributed by atoms with Crippen LogP contribution in [0.2, 0.25) is 0 Å². The van der Waals surface area contributed by atoms with Gasteiger partial charge in [0, 0.05) is 10.9 Å². The van der Waals surface area contributed by atoms with Gasteiger partial charge in [-0.15, -0.1) is 11.3 Å². The first-order valence-corrected chi connectivity index (χ1v) is 10.3. The molecule has 0 saturated carbocycles. The van der Waals surface area contributed by atoms with Crippen molar-refractivity contribution >= 4 is 28.7 Å². The lowest BCUT2D eigenvalue weighted by Crippen LogP contribution is -2.32. The first-order chi connectivity index (χ1) is 15.5.